The van der Waals surface area contributed by atoms with Gasteiger partial charge in [-0.3, -0.25) is 4.79 Å². The lowest BCUT2D eigenvalue weighted by molar-refractivity contribution is -0.116. The number of anilines is 1. The molecule has 0 unspecified atom stereocenters. The summed E-state index contributed by atoms with van der Waals surface area (Å²) in [6.45, 7) is 5.17. The van der Waals surface area contributed by atoms with Crippen molar-refractivity contribution in [1.29, 1.82) is 0 Å². The molecule has 9 heteroatoms. The minimum absolute atomic E-state index is 0. The van der Waals surface area contributed by atoms with Crippen molar-refractivity contribution >= 4 is 23.0 Å². The topological polar surface area (TPSA) is 131 Å². The number of benzene rings is 2. The number of hydrogen-bond acceptors (Lipinski definition) is 8. The lowest BCUT2D eigenvalue weighted by Gasteiger charge is -2.10. The minimum atomic E-state index is -0.750. The van der Waals surface area contributed by atoms with E-state index in [1.807, 2.05) is 37.3 Å². The van der Waals surface area contributed by atoms with Crippen molar-refractivity contribution in [2.24, 2.45) is 5.73 Å². The van der Waals surface area contributed by atoms with Crippen LogP contribution in [0.25, 0.3) is 0 Å². The van der Waals surface area contributed by atoms with Crippen LogP contribution in [0.3, 0.4) is 0 Å². The number of ketones is 1. The van der Waals surface area contributed by atoms with Gasteiger partial charge in [0, 0.05) is 13.0 Å². The average molecular weight is 457 g/mol. The number of nitrogens with two attached hydrogens (primary N) is 2. The molecule has 0 aliphatic carbocycles. The molecule has 176 valence electrons. The Labute approximate surface area is 189 Å². The molecule has 0 radical (unpaired) electrons. The predicted octanol–water partition coefficient (Wildman–Crippen LogP) is 3.43. The zero-order valence-electron chi connectivity index (χ0n) is 16.9. The van der Waals surface area contributed by atoms with Crippen LogP contribution in [0, 0.1) is 0 Å². The minimum Gasteiger partial charge on any atom is -0.495 e. The number of ether oxygens (including phenoxy) is 3. The number of para-hydroxylation sites is 2. The van der Waals surface area contributed by atoms with Crippen molar-refractivity contribution in [3.63, 3.8) is 0 Å². The van der Waals surface area contributed by atoms with E-state index < -0.39 is 11.6 Å². The quantitative estimate of drug-likeness (QED) is 0.578. The standard InChI is InChI=1S/C10H13NO2.C10H15NO2.2CH4.O2S/c1-7(12)5-8-3-4-10(13-2)9(11)6-8;1-2-12-9-5-3-4-6-10(9)13-8-7-11;;;1-3-2/h3-4,6H,5,11H2,1-2H3;3-6H,2,7-8,11H2,1H3;2*1H4;. The maximum Gasteiger partial charge on any atom is 0.335 e. The largest absolute Gasteiger partial charge is 0.495 e. The SMILES string of the molecule is C.C.CCOc1ccccc1OCCN.COc1ccc(CC(C)=O)cc1N.O=S=O. The summed E-state index contributed by atoms with van der Waals surface area (Å²) >= 11 is -0.750. The van der Waals surface area contributed by atoms with E-state index in [9.17, 15) is 4.79 Å². The van der Waals surface area contributed by atoms with Crippen molar-refractivity contribution in [3.8, 4) is 17.2 Å². The van der Waals surface area contributed by atoms with Crippen LogP contribution >= 0.6 is 0 Å². The summed E-state index contributed by atoms with van der Waals surface area (Å²) in [7, 11) is 1.57. The molecule has 0 fully saturated rings. The summed E-state index contributed by atoms with van der Waals surface area (Å²) in [6.07, 6.45) is 0.425. The first kappa shape index (κ1) is 32.7. The Balaban J connectivity index is -0.000000424. The van der Waals surface area contributed by atoms with Crippen LogP contribution in [0.5, 0.6) is 17.2 Å². The number of rotatable bonds is 8. The molecule has 31 heavy (non-hydrogen) atoms. The number of carbonyl (C=O) groups excluding carboxylic acids is 1. The van der Waals surface area contributed by atoms with Gasteiger partial charge in [0.05, 0.1) is 19.4 Å². The highest BCUT2D eigenvalue weighted by Gasteiger charge is 2.02. The molecule has 0 saturated heterocycles. The Morgan fingerprint density at radius 3 is 1.97 bits per heavy atom. The second-order valence-electron chi connectivity index (χ2n) is 5.54. The Bertz CT molecular complexity index is 780. The highest BCUT2D eigenvalue weighted by Crippen LogP contribution is 2.26. The summed E-state index contributed by atoms with van der Waals surface area (Å²) in [6, 6.07) is 13.0. The molecular formula is C22H36N2O6S. The third kappa shape index (κ3) is 14.7. The van der Waals surface area contributed by atoms with Gasteiger partial charge in [-0.2, -0.15) is 8.42 Å². The fourth-order valence-electron chi connectivity index (χ4n) is 2.19. The molecule has 2 aromatic carbocycles. The average Bonchev–Trinajstić information content (AvgIpc) is 2.68. The zero-order chi connectivity index (χ0) is 22.1. The van der Waals surface area contributed by atoms with Crippen LogP contribution in [0.2, 0.25) is 0 Å². The molecule has 0 aliphatic heterocycles. The van der Waals surface area contributed by atoms with Crippen LogP contribution in [0.1, 0.15) is 34.3 Å². The molecule has 0 bridgehead atoms. The summed E-state index contributed by atoms with van der Waals surface area (Å²) in [5, 5.41) is 0. The zero-order valence-corrected chi connectivity index (χ0v) is 17.7. The third-order valence-corrected chi connectivity index (χ3v) is 3.27. The first-order chi connectivity index (χ1) is 13.9. The number of nitrogen functional groups attached to an aromatic ring is 1. The Morgan fingerprint density at radius 1 is 1.00 bits per heavy atom. The molecular weight excluding hydrogens is 420 g/mol. The molecule has 0 spiro atoms. The lowest BCUT2D eigenvalue weighted by Crippen LogP contribution is -2.11. The number of hydrogen-bond donors (Lipinski definition) is 2. The van der Waals surface area contributed by atoms with E-state index in [1.54, 1.807) is 26.2 Å². The Hall–Kier alpha value is -2.91. The van der Waals surface area contributed by atoms with Gasteiger partial charge in [-0.25, -0.2) is 0 Å². The van der Waals surface area contributed by atoms with E-state index in [0.29, 0.717) is 37.6 Å². The fraction of sp³-hybridized carbons (Fsp3) is 0.409. The molecule has 8 nitrogen and oxygen atoms in total. The number of carbonyl (C=O) groups is 1. The molecule has 0 saturated carbocycles. The molecule has 0 aliphatic rings. The van der Waals surface area contributed by atoms with Gasteiger partial charge >= 0.3 is 11.6 Å². The van der Waals surface area contributed by atoms with Gasteiger partial charge in [0.25, 0.3) is 0 Å². The number of methoxy groups -OCH3 is 1. The van der Waals surface area contributed by atoms with Crippen molar-refractivity contribution in [1.82, 2.24) is 0 Å². The molecule has 2 aromatic rings. The van der Waals surface area contributed by atoms with Crippen molar-refractivity contribution in [3.05, 3.63) is 48.0 Å². The van der Waals surface area contributed by atoms with Gasteiger partial charge in [-0.1, -0.05) is 33.1 Å². The van der Waals surface area contributed by atoms with E-state index >= 15 is 0 Å². The van der Waals surface area contributed by atoms with Crippen LogP contribution in [0.4, 0.5) is 5.69 Å². The summed E-state index contributed by atoms with van der Waals surface area (Å²) in [5.41, 5.74) is 12.5. The summed E-state index contributed by atoms with van der Waals surface area (Å²) in [5.74, 6) is 2.31. The molecule has 0 amide bonds. The van der Waals surface area contributed by atoms with Crippen molar-refractivity contribution in [2.75, 3.05) is 32.6 Å². The van der Waals surface area contributed by atoms with Gasteiger partial charge < -0.3 is 25.7 Å². The highest BCUT2D eigenvalue weighted by molar-refractivity contribution is 7.51. The molecule has 0 aromatic heterocycles. The predicted molar refractivity (Wildman–Crippen MR) is 126 cm³/mol. The third-order valence-electron chi connectivity index (χ3n) is 3.27. The van der Waals surface area contributed by atoms with Crippen LogP contribution in [0.15, 0.2) is 42.5 Å². The van der Waals surface area contributed by atoms with Crippen molar-refractivity contribution in [2.45, 2.75) is 35.1 Å². The van der Waals surface area contributed by atoms with Gasteiger partial charge in [-0.05, 0) is 43.7 Å². The van der Waals surface area contributed by atoms with Gasteiger partial charge in [0.1, 0.15) is 18.1 Å². The Kier molecular flexibility index (Phi) is 21.5. The van der Waals surface area contributed by atoms with E-state index in [4.69, 9.17) is 34.1 Å². The van der Waals surface area contributed by atoms with Crippen LogP contribution in [-0.2, 0) is 22.8 Å². The molecule has 2 rings (SSSR count). The van der Waals surface area contributed by atoms with E-state index in [-0.39, 0.29) is 20.6 Å². The normalized spacial score (nSPS) is 8.52. The summed E-state index contributed by atoms with van der Waals surface area (Å²) < 4.78 is 32.3. The van der Waals surface area contributed by atoms with Gasteiger partial charge in [-0.15, -0.1) is 0 Å². The molecule has 0 atom stereocenters. The maximum absolute atomic E-state index is 10.8. The smallest absolute Gasteiger partial charge is 0.335 e. The second kappa shape index (κ2) is 20.4. The first-order valence-electron chi connectivity index (χ1n) is 8.81. The van der Waals surface area contributed by atoms with Gasteiger partial charge in [0.2, 0.25) is 0 Å². The molecule has 4 N–H and O–H groups in total. The fourth-order valence-corrected chi connectivity index (χ4v) is 2.19. The Morgan fingerprint density at radius 2 is 1.55 bits per heavy atom. The van der Waals surface area contributed by atoms with E-state index in [2.05, 4.69) is 0 Å². The van der Waals surface area contributed by atoms with E-state index in [0.717, 1.165) is 17.1 Å². The molecule has 0 heterocycles. The monoisotopic (exact) mass is 456 g/mol. The highest BCUT2D eigenvalue weighted by atomic mass is 32.1. The number of Topliss-reactive ketones (excluding diaryl/α,β-unsaturated/α-hetero) is 1. The maximum atomic E-state index is 10.8. The van der Waals surface area contributed by atoms with Crippen LogP contribution in [-0.4, -0.2) is 41.1 Å². The lowest BCUT2D eigenvalue weighted by atomic mass is 10.1. The summed E-state index contributed by atoms with van der Waals surface area (Å²) in [4.78, 5) is 10.8. The second-order valence-corrected chi connectivity index (χ2v) is 5.68. The van der Waals surface area contributed by atoms with Crippen molar-refractivity contribution < 1.29 is 27.4 Å². The first-order valence-corrected chi connectivity index (χ1v) is 9.48. The van der Waals surface area contributed by atoms with Gasteiger partial charge in [0.15, 0.2) is 11.5 Å². The van der Waals surface area contributed by atoms with E-state index in [1.165, 1.54) is 0 Å². The van der Waals surface area contributed by atoms with Crippen LogP contribution < -0.4 is 25.7 Å².